The van der Waals surface area contributed by atoms with Crippen molar-refractivity contribution < 1.29 is 0 Å². The lowest BCUT2D eigenvalue weighted by molar-refractivity contribution is 0.700. The van der Waals surface area contributed by atoms with E-state index in [1.807, 2.05) is 30.0 Å². The van der Waals surface area contributed by atoms with Crippen molar-refractivity contribution in [2.24, 2.45) is 0 Å². The normalized spacial score (nSPS) is 20.5. The van der Waals surface area contributed by atoms with Crippen LogP contribution in [0.3, 0.4) is 0 Å². The molecule has 0 saturated carbocycles. The SMILES string of the molecule is CN(c1ccc(N)cc1Cl)C1CCSC1. The molecule has 1 aliphatic heterocycles. The van der Waals surface area contributed by atoms with Crippen LogP contribution in [0, 0.1) is 0 Å². The fourth-order valence-electron chi connectivity index (χ4n) is 1.83. The first-order valence-corrected chi connectivity index (χ1v) is 6.57. The Kier molecular flexibility index (Phi) is 3.32. The van der Waals surface area contributed by atoms with Crippen molar-refractivity contribution in [3.05, 3.63) is 23.2 Å². The van der Waals surface area contributed by atoms with Gasteiger partial charge in [-0.1, -0.05) is 11.6 Å². The molecule has 1 unspecified atom stereocenters. The number of nitrogens with zero attached hydrogens (tertiary/aromatic N) is 1. The van der Waals surface area contributed by atoms with E-state index in [-0.39, 0.29) is 0 Å². The molecule has 15 heavy (non-hydrogen) atoms. The fourth-order valence-corrected chi connectivity index (χ4v) is 3.42. The van der Waals surface area contributed by atoms with Crippen LogP contribution in [0.5, 0.6) is 0 Å². The highest BCUT2D eigenvalue weighted by molar-refractivity contribution is 7.99. The first-order valence-electron chi connectivity index (χ1n) is 5.04. The Morgan fingerprint density at radius 2 is 2.33 bits per heavy atom. The van der Waals surface area contributed by atoms with E-state index in [0.29, 0.717) is 6.04 Å². The van der Waals surface area contributed by atoms with Crippen molar-refractivity contribution >= 4 is 34.7 Å². The number of benzene rings is 1. The van der Waals surface area contributed by atoms with Gasteiger partial charge in [0.25, 0.3) is 0 Å². The van der Waals surface area contributed by atoms with Crippen LogP contribution in [-0.2, 0) is 0 Å². The molecular weight excluding hydrogens is 228 g/mol. The number of hydrogen-bond acceptors (Lipinski definition) is 3. The average molecular weight is 243 g/mol. The van der Waals surface area contributed by atoms with Crippen LogP contribution in [0.15, 0.2) is 18.2 Å². The standard InChI is InChI=1S/C11H15ClN2S/c1-14(9-4-5-15-7-9)11-3-2-8(13)6-10(11)12/h2-3,6,9H,4-5,7,13H2,1H3. The number of rotatable bonds is 2. The molecule has 4 heteroatoms. The monoisotopic (exact) mass is 242 g/mol. The number of halogens is 1. The van der Waals surface area contributed by atoms with Crippen LogP contribution in [-0.4, -0.2) is 24.6 Å². The maximum atomic E-state index is 6.17. The molecule has 1 fully saturated rings. The molecular formula is C11H15ClN2S. The van der Waals surface area contributed by atoms with E-state index in [4.69, 9.17) is 17.3 Å². The lowest BCUT2D eigenvalue weighted by Crippen LogP contribution is -2.31. The highest BCUT2D eigenvalue weighted by atomic mass is 35.5. The highest BCUT2D eigenvalue weighted by Gasteiger charge is 2.21. The lowest BCUT2D eigenvalue weighted by Gasteiger charge is -2.27. The average Bonchev–Trinajstić information content (AvgIpc) is 2.69. The molecule has 0 bridgehead atoms. The second-order valence-corrected chi connectivity index (χ2v) is 5.40. The molecule has 1 aromatic rings. The Bertz CT molecular complexity index is 350. The van der Waals surface area contributed by atoms with E-state index in [1.165, 1.54) is 17.9 Å². The van der Waals surface area contributed by atoms with Gasteiger partial charge in [-0.25, -0.2) is 0 Å². The Hall–Kier alpha value is -0.540. The van der Waals surface area contributed by atoms with Crippen LogP contribution in [0.1, 0.15) is 6.42 Å². The summed E-state index contributed by atoms with van der Waals surface area (Å²) >= 11 is 8.18. The van der Waals surface area contributed by atoms with Crippen molar-refractivity contribution in [1.82, 2.24) is 0 Å². The van der Waals surface area contributed by atoms with Gasteiger partial charge in [-0.2, -0.15) is 11.8 Å². The summed E-state index contributed by atoms with van der Waals surface area (Å²) in [5.74, 6) is 2.44. The molecule has 2 N–H and O–H groups in total. The van der Waals surface area contributed by atoms with E-state index in [9.17, 15) is 0 Å². The van der Waals surface area contributed by atoms with Gasteiger partial charge in [0, 0.05) is 24.5 Å². The summed E-state index contributed by atoms with van der Waals surface area (Å²) in [6, 6.07) is 6.33. The smallest absolute Gasteiger partial charge is 0.0660 e. The Balaban J connectivity index is 2.20. The summed E-state index contributed by atoms with van der Waals surface area (Å²) in [5, 5.41) is 0.745. The third-order valence-electron chi connectivity index (χ3n) is 2.81. The molecule has 0 aromatic heterocycles. The second-order valence-electron chi connectivity index (χ2n) is 3.84. The topological polar surface area (TPSA) is 29.3 Å². The van der Waals surface area contributed by atoms with Gasteiger partial charge in [-0.3, -0.25) is 0 Å². The lowest BCUT2D eigenvalue weighted by atomic mass is 10.2. The van der Waals surface area contributed by atoms with Crippen LogP contribution in [0.4, 0.5) is 11.4 Å². The largest absolute Gasteiger partial charge is 0.399 e. The molecule has 0 spiro atoms. The summed E-state index contributed by atoms with van der Waals surface area (Å²) in [4.78, 5) is 2.27. The Labute approximate surface area is 99.8 Å². The van der Waals surface area contributed by atoms with Crippen molar-refractivity contribution in [3.63, 3.8) is 0 Å². The summed E-state index contributed by atoms with van der Waals surface area (Å²) in [7, 11) is 2.11. The fraction of sp³-hybridized carbons (Fsp3) is 0.455. The van der Waals surface area contributed by atoms with E-state index >= 15 is 0 Å². The zero-order valence-electron chi connectivity index (χ0n) is 8.74. The van der Waals surface area contributed by atoms with Gasteiger partial charge < -0.3 is 10.6 Å². The zero-order chi connectivity index (χ0) is 10.8. The van der Waals surface area contributed by atoms with Crippen LogP contribution >= 0.6 is 23.4 Å². The minimum Gasteiger partial charge on any atom is -0.399 e. The van der Waals surface area contributed by atoms with E-state index < -0.39 is 0 Å². The summed E-state index contributed by atoms with van der Waals surface area (Å²) in [6.45, 7) is 0. The van der Waals surface area contributed by atoms with Gasteiger partial charge in [0.15, 0.2) is 0 Å². The quantitative estimate of drug-likeness (QED) is 0.809. The van der Waals surface area contributed by atoms with Crippen molar-refractivity contribution in [2.75, 3.05) is 29.2 Å². The van der Waals surface area contributed by atoms with Gasteiger partial charge in [-0.15, -0.1) is 0 Å². The third-order valence-corrected chi connectivity index (χ3v) is 4.25. The van der Waals surface area contributed by atoms with E-state index in [0.717, 1.165) is 16.4 Å². The first kappa shape index (κ1) is 11.0. The zero-order valence-corrected chi connectivity index (χ0v) is 10.3. The van der Waals surface area contributed by atoms with Crippen LogP contribution < -0.4 is 10.6 Å². The maximum absolute atomic E-state index is 6.17. The van der Waals surface area contributed by atoms with Gasteiger partial charge >= 0.3 is 0 Å². The molecule has 82 valence electrons. The summed E-state index contributed by atoms with van der Waals surface area (Å²) in [6.07, 6.45) is 1.24. The van der Waals surface area contributed by atoms with Gasteiger partial charge in [0.1, 0.15) is 0 Å². The Morgan fingerprint density at radius 3 is 2.93 bits per heavy atom. The number of hydrogen-bond donors (Lipinski definition) is 1. The predicted molar refractivity (Wildman–Crippen MR) is 70.0 cm³/mol. The number of nitrogen functional groups attached to an aromatic ring is 1. The molecule has 0 aliphatic carbocycles. The third kappa shape index (κ3) is 2.34. The summed E-state index contributed by atoms with van der Waals surface area (Å²) in [5.41, 5.74) is 7.48. The van der Waals surface area contributed by atoms with Gasteiger partial charge in [0.2, 0.25) is 0 Å². The Morgan fingerprint density at radius 1 is 1.53 bits per heavy atom. The minimum atomic E-state index is 0.608. The van der Waals surface area contributed by atoms with Crippen LogP contribution in [0.25, 0.3) is 0 Å². The molecule has 0 amide bonds. The first-order chi connectivity index (χ1) is 7.18. The molecule has 0 radical (unpaired) electrons. The number of thioether (sulfide) groups is 1. The molecule has 1 aliphatic rings. The molecule has 1 atom stereocenters. The van der Waals surface area contributed by atoms with E-state index in [2.05, 4.69) is 11.9 Å². The van der Waals surface area contributed by atoms with Gasteiger partial charge in [-0.05, 0) is 30.4 Å². The molecule has 1 saturated heterocycles. The minimum absolute atomic E-state index is 0.608. The number of nitrogens with two attached hydrogens (primary N) is 1. The molecule has 1 aromatic carbocycles. The maximum Gasteiger partial charge on any atom is 0.0660 e. The highest BCUT2D eigenvalue weighted by Crippen LogP contribution is 2.31. The van der Waals surface area contributed by atoms with E-state index in [1.54, 1.807) is 0 Å². The van der Waals surface area contributed by atoms with Gasteiger partial charge in [0.05, 0.1) is 10.7 Å². The van der Waals surface area contributed by atoms with Crippen molar-refractivity contribution in [2.45, 2.75) is 12.5 Å². The predicted octanol–water partition coefficient (Wildman–Crippen LogP) is 2.86. The molecule has 2 rings (SSSR count). The number of anilines is 2. The molecule has 2 nitrogen and oxygen atoms in total. The summed E-state index contributed by atoms with van der Waals surface area (Å²) < 4.78 is 0. The van der Waals surface area contributed by atoms with Crippen LogP contribution in [0.2, 0.25) is 5.02 Å². The van der Waals surface area contributed by atoms with Crippen molar-refractivity contribution in [3.8, 4) is 0 Å². The second kappa shape index (κ2) is 4.54. The molecule has 1 heterocycles. The van der Waals surface area contributed by atoms with Crippen molar-refractivity contribution in [1.29, 1.82) is 0 Å².